The Kier molecular flexibility index (Phi) is 6.46. The monoisotopic (exact) mass is 392 g/mol. The Bertz CT molecular complexity index is 761. The average molecular weight is 393 g/mol. The molecule has 1 aliphatic rings. The van der Waals surface area contributed by atoms with Crippen molar-refractivity contribution in [1.82, 2.24) is 20.2 Å². The number of piperidine rings is 1. The highest BCUT2D eigenvalue weighted by Gasteiger charge is 2.24. The molecule has 1 aliphatic heterocycles. The first kappa shape index (κ1) is 19.1. The minimum atomic E-state index is -0.229. The highest BCUT2D eigenvalue weighted by molar-refractivity contribution is 6.43. The van der Waals surface area contributed by atoms with Gasteiger partial charge < -0.3 is 5.32 Å². The van der Waals surface area contributed by atoms with E-state index >= 15 is 0 Å². The van der Waals surface area contributed by atoms with E-state index in [4.69, 9.17) is 23.2 Å². The number of aryl methyl sites for hydroxylation is 1. The van der Waals surface area contributed by atoms with Crippen LogP contribution in [0.4, 0.5) is 0 Å². The molecule has 7 heteroatoms. The number of nitrogens with zero attached hydrogens (tertiary/aromatic N) is 3. The van der Waals surface area contributed by atoms with Crippen molar-refractivity contribution in [2.24, 2.45) is 0 Å². The number of hydrogen-bond acceptors (Lipinski definition) is 4. The number of nitrogens with one attached hydrogen (secondary N) is 1. The van der Waals surface area contributed by atoms with E-state index in [2.05, 4.69) is 20.2 Å². The SMILES string of the molecule is Cc1ncc(C(CNC(=O)c2cccc(Cl)c2Cl)N2CCCCC2)cn1. The molecule has 1 aromatic heterocycles. The van der Waals surface area contributed by atoms with Crippen LogP contribution in [0.2, 0.25) is 10.0 Å². The van der Waals surface area contributed by atoms with Crippen LogP contribution in [0.1, 0.15) is 47.1 Å². The molecular formula is C19H22Cl2N4O. The molecule has 1 fully saturated rings. The molecule has 26 heavy (non-hydrogen) atoms. The van der Waals surface area contributed by atoms with Gasteiger partial charge in [-0.25, -0.2) is 9.97 Å². The average Bonchev–Trinajstić information content (AvgIpc) is 2.66. The predicted molar refractivity (Wildman–Crippen MR) is 104 cm³/mol. The second kappa shape index (κ2) is 8.80. The number of rotatable bonds is 5. The Hall–Kier alpha value is -1.69. The van der Waals surface area contributed by atoms with Crippen molar-refractivity contribution in [3.05, 3.63) is 57.6 Å². The van der Waals surface area contributed by atoms with Gasteiger partial charge in [-0.15, -0.1) is 0 Å². The number of carbonyl (C=O) groups is 1. The molecular weight excluding hydrogens is 371 g/mol. The van der Waals surface area contributed by atoms with Gasteiger partial charge in [0.1, 0.15) is 5.82 Å². The number of benzene rings is 1. The third kappa shape index (κ3) is 4.53. The maximum absolute atomic E-state index is 12.6. The lowest BCUT2D eigenvalue weighted by Crippen LogP contribution is -2.40. The molecule has 0 saturated carbocycles. The maximum atomic E-state index is 12.6. The molecule has 1 atom stereocenters. The van der Waals surface area contributed by atoms with Crippen molar-refractivity contribution in [2.75, 3.05) is 19.6 Å². The highest BCUT2D eigenvalue weighted by atomic mass is 35.5. The van der Waals surface area contributed by atoms with E-state index in [-0.39, 0.29) is 17.0 Å². The van der Waals surface area contributed by atoms with E-state index in [0.717, 1.165) is 37.3 Å². The number of likely N-dealkylation sites (tertiary alicyclic amines) is 1. The van der Waals surface area contributed by atoms with Gasteiger partial charge in [-0.05, 0) is 45.0 Å². The summed E-state index contributed by atoms with van der Waals surface area (Å²) in [7, 11) is 0. The fraction of sp³-hybridized carbons (Fsp3) is 0.421. The zero-order valence-electron chi connectivity index (χ0n) is 14.7. The second-order valence-electron chi connectivity index (χ2n) is 6.49. The van der Waals surface area contributed by atoms with Crippen LogP contribution in [0.3, 0.4) is 0 Å². The van der Waals surface area contributed by atoms with E-state index in [9.17, 15) is 4.79 Å². The van der Waals surface area contributed by atoms with Gasteiger partial charge in [0.25, 0.3) is 5.91 Å². The van der Waals surface area contributed by atoms with Crippen molar-refractivity contribution in [3.63, 3.8) is 0 Å². The first-order valence-electron chi connectivity index (χ1n) is 8.81. The van der Waals surface area contributed by atoms with Gasteiger partial charge >= 0.3 is 0 Å². The van der Waals surface area contributed by atoms with E-state index in [0.29, 0.717) is 17.1 Å². The van der Waals surface area contributed by atoms with Crippen molar-refractivity contribution < 1.29 is 4.79 Å². The van der Waals surface area contributed by atoms with Crippen molar-refractivity contribution in [1.29, 1.82) is 0 Å². The fourth-order valence-electron chi connectivity index (χ4n) is 3.23. The minimum Gasteiger partial charge on any atom is -0.350 e. The second-order valence-corrected chi connectivity index (χ2v) is 7.27. The maximum Gasteiger partial charge on any atom is 0.252 e. The quantitative estimate of drug-likeness (QED) is 0.833. The Balaban J connectivity index is 1.76. The highest BCUT2D eigenvalue weighted by Crippen LogP contribution is 2.26. The zero-order chi connectivity index (χ0) is 18.5. The molecule has 1 unspecified atom stereocenters. The first-order chi connectivity index (χ1) is 12.6. The fourth-order valence-corrected chi connectivity index (χ4v) is 3.61. The van der Waals surface area contributed by atoms with Gasteiger partial charge in [0.2, 0.25) is 0 Å². The van der Waals surface area contributed by atoms with Crippen molar-refractivity contribution >= 4 is 29.1 Å². The Morgan fingerprint density at radius 1 is 1.19 bits per heavy atom. The molecule has 0 aliphatic carbocycles. The summed E-state index contributed by atoms with van der Waals surface area (Å²) in [4.78, 5) is 23.6. The molecule has 1 amide bonds. The number of aromatic nitrogens is 2. The third-order valence-corrected chi connectivity index (χ3v) is 5.49. The predicted octanol–water partition coefficient (Wildman–Crippen LogP) is 4.05. The van der Waals surface area contributed by atoms with Crippen LogP contribution >= 0.6 is 23.2 Å². The Morgan fingerprint density at radius 2 is 1.88 bits per heavy atom. The van der Waals surface area contributed by atoms with Gasteiger partial charge in [-0.1, -0.05) is 35.7 Å². The minimum absolute atomic E-state index is 0.0396. The van der Waals surface area contributed by atoms with Gasteiger partial charge in [0.05, 0.1) is 21.7 Å². The number of carbonyl (C=O) groups excluding carboxylic acids is 1. The van der Waals surface area contributed by atoms with Gasteiger partial charge in [-0.3, -0.25) is 9.69 Å². The topological polar surface area (TPSA) is 58.1 Å². The third-order valence-electron chi connectivity index (χ3n) is 4.67. The lowest BCUT2D eigenvalue weighted by molar-refractivity contribution is 0.0924. The van der Waals surface area contributed by atoms with E-state index in [1.54, 1.807) is 18.2 Å². The summed E-state index contributed by atoms with van der Waals surface area (Å²) in [6, 6.07) is 5.10. The van der Waals surface area contributed by atoms with Crippen LogP contribution in [0.25, 0.3) is 0 Å². The van der Waals surface area contributed by atoms with Crippen LogP contribution in [0.5, 0.6) is 0 Å². The summed E-state index contributed by atoms with van der Waals surface area (Å²) in [6.45, 7) is 4.34. The Morgan fingerprint density at radius 3 is 2.58 bits per heavy atom. The molecule has 5 nitrogen and oxygen atoms in total. The summed E-state index contributed by atoms with van der Waals surface area (Å²) in [6.07, 6.45) is 7.27. The van der Waals surface area contributed by atoms with Gasteiger partial charge in [0, 0.05) is 24.5 Å². The zero-order valence-corrected chi connectivity index (χ0v) is 16.2. The largest absolute Gasteiger partial charge is 0.350 e. The van der Waals surface area contributed by atoms with Crippen LogP contribution in [-0.4, -0.2) is 40.4 Å². The molecule has 0 bridgehead atoms. The standard InChI is InChI=1S/C19H22Cl2N4O/c1-13-22-10-14(11-23-13)17(25-8-3-2-4-9-25)12-24-19(26)15-6-5-7-16(20)18(15)21/h5-7,10-11,17H,2-4,8-9,12H2,1H3,(H,24,26). The van der Waals surface area contributed by atoms with Crippen LogP contribution in [0, 0.1) is 6.92 Å². The lowest BCUT2D eigenvalue weighted by Gasteiger charge is -2.34. The van der Waals surface area contributed by atoms with Gasteiger partial charge in [0.15, 0.2) is 0 Å². The molecule has 0 radical (unpaired) electrons. The van der Waals surface area contributed by atoms with Crippen LogP contribution in [0.15, 0.2) is 30.6 Å². The number of hydrogen-bond donors (Lipinski definition) is 1. The van der Waals surface area contributed by atoms with E-state index < -0.39 is 0 Å². The normalized spacial score (nSPS) is 16.3. The molecule has 1 aromatic carbocycles. The summed E-state index contributed by atoms with van der Waals surface area (Å²) >= 11 is 12.2. The molecule has 138 valence electrons. The Labute approximate surface area is 163 Å². The van der Waals surface area contributed by atoms with E-state index in [1.165, 1.54) is 6.42 Å². The lowest BCUT2D eigenvalue weighted by atomic mass is 10.0. The summed E-state index contributed by atoms with van der Waals surface area (Å²) in [5, 5.41) is 3.65. The molecule has 0 spiro atoms. The smallest absolute Gasteiger partial charge is 0.252 e. The van der Waals surface area contributed by atoms with E-state index in [1.807, 2.05) is 19.3 Å². The molecule has 1 saturated heterocycles. The summed E-state index contributed by atoms with van der Waals surface area (Å²) in [5.74, 6) is 0.508. The van der Waals surface area contributed by atoms with Crippen molar-refractivity contribution in [3.8, 4) is 0 Å². The first-order valence-corrected chi connectivity index (χ1v) is 9.56. The molecule has 2 aromatic rings. The number of amides is 1. The van der Waals surface area contributed by atoms with Gasteiger partial charge in [-0.2, -0.15) is 0 Å². The van der Waals surface area contributed by atoms with Crippen LogP contribution in [-0.2, 0) is 0 Å². The summed E-state index contributed by atoms with van der Waals surface area (Å²) in [5.41, 5.74) is 1.40. The molecule has 1 N–H and O–H groups in total. The van der Waals surface area contributed by atoms with Crippen molar-refractivity contribution in [2.45, 2.75) is 32.2 Å². The molecule has 2 heterocycles. The molecule has 3 rings (SSSR count). The van der Waals surface area contributed by atoms with Crippen LogP contribution < -0.4 is 5.32 Å². The number of halogens is 2. The summed E-state index contributed by atoms with van der Waals surface area (Å²) < 4.78 is 0.